The van der Waals surface area contributed by atoms with Gasteiger partial charge in [-0.2, -0.15) is 5.10 Å². The van der Waals surface area contributed by atoms with Crippen LogP contribution in [0, 0.1) is 0 Å². The molecule has 122 valence electrons. The van der Waals surface area contributed by atoms with Crippen molar-refractivity contribution >= 4 is 28.8 Å². The number of thiophene rings is 1. The molecule has 3 rings (SSSR count). The van der Waals surface area contributed by atoms with Crippen molar-refractivity contribution in [2.75, 3.05) is 6.54 Å². The molecule has 7 heteroatoms. The topological polar surface area (TPSA) is 51.0 Å². The molecule has 1 amide bonds. The number of halogens is 1. The third-order valence-corrected chi connectivity index (χ3v) is 4.56. The van der Waals surface area contributed by atoms with Gasteiger partial charge >= 0.3 is 0 Å². The van der Waals surface area contributed by atoms with E-state index in [1.165, 1.54) is 11.3 Å². The van der Waals surface area contributed by atoms with E-state index in [-0.39, 0.29) is 5.91 Å². The van der Waals surface area contributed by atoms with Gasteiger partial charge in [-0.1, -0.05) is 17.7 Å². The first-order chi connectivity index (χ1) is 11.7. The number of carbonyl (C=O) groups is 1. The van der Waals surface area contributed by atoms with E-state index in [0.29, 0.717) is 28.8 Å². The number of rotatable bonds is 6. The fraction of sp³-hybridized carbons (Fsp3) is 0.118. The van der Waals surface area contributed by atoms with Gasteiger partial charge < -0.3 is 4.90 Å². The summed E-state index contributed by atoms with van der Waals surface area (Å²) in [7, 11) is 0. The van der Waals surface area contributed by atoms with Gasteiger partial charge in [0.15, 0.2) is 5.82 Å². The van der Waals surface area contributed by atoms with Crippen LogP contribution < -0.4 is 0 Å². The van der Waals surface area contributed by atoms with Gasteiger partial charge in [-0.25, -0.2) is 9.67 Å². The summed E-state index contributed by atoms with van der Waals surface area (Å²) in [5, 5.41) is 4.12. The highest BCUT2D eigenvalue weighted by molar-refractivity contribution is 7.16. The molecule has 0 radical (unpaired) electrons. The molecular weight excluding hydrogens is 344 g/mol. The van der Waals surface area contributed by atoms with E-state index in [1.807, 2.05) is 18.2 Å². The zero-order valence-corrected chi connectivity index (χ0v) is 14.4. The van der Waals surface area contributed by atoms with Crippen molar-refractivity contribution in [3.63, 3.8) is 0 Å². The van der Waals surface area contributed by atoms with Crippen LogP contribution in [0.5, 0.6) is 0 Å². The van der Waals surface area contributed by atoms with Gasteiger partial charge in [-0.3, -0.25) is 4.79 Å². The monoisotopic (exact) mass is 358 g/mol. The Balaban J connectivity index is 1.77. The van der Waals surface area contributed by atoms with Crippen LogP contribution in [0.25, 0.3) is 5.82 Å². The fourth-order valence-electron chi connectivity index (χ4n) is 2.23. The molecule has 0 aliphatic carbocycles. The van der Waals surface area contributed by atoms with Crippen molar-refractivity contribution < 1.29 is 4.79 Å². The van der Waals surface area contributed by atoms with Crippen molar-refractivity contribution in [2.45, 2.75) is 6.54 Å². The third-order valence-electron chi connectivity index (χ3n) is 3.35. The number of carbonyl (C=O) groups excluding carboxylic acids is 1. The fourth-order valence-corrected chi connectivity index (χ4v) is 3.34. The Morgan fingerprint density at radius 1 is 1.38 bits per heavy atom. The van der Waals surface area contributed by atoms with Crippen LogP contribution in [0.2, 0.25) is 4.34 Å². The smallest absolute Gasteiger partial charge is 0.256 e. The standard InChI is InChI=1S/C17H15ClN4OS/c1-2-9-21(12-14-5-6-15(18)24-14)17(23)13-4-7-16(19-11-13)22-10-3-8-20-22/h2-8,10-11H,1,9,12H2. The Labute approximate surface area is 148 Å². The minimum Gasteiger partial charge on any atom is -0.330 e. The van der Waals surface area contributed by atoms with Gasteiger partial charge in [0.2, 0.25) is 0 Å². The van der Waals surface area contributed by atoms with Crippen LogP contribution in [0.3, 0.4) is 0 Å². The second kappa shape index (κ2) is 7.42. The maximum absolute atomic E-state index is 12.7. The summed E-state index contributed by atoms with van der Waals surface area (Å²) in [5.41, 5.74) is 0.524. The van der Waals surface area contributed by atoms with Crippen molar-refractivity contribution in [2.24, 2.45) is 0 Å². The largest absolute Gasteiger partial charge is 0.330 e. The normalized spacial score (nSPS) is 10.5. The number of hydrogen-bond donors (Lipinski definition) is 0. The van der Waals surface area contributed by atoms with E-state index in [2.05, 4.69) is 16.7 Å². The van der Waals surface area contributed by atoms with E-state index in [4.69, 9.17) is 11.6 Å². The lowest BCUT2D eigenvalue weighted by Crippen LogP contribution is -2.30. The van der Waals surface area contributed by atoms with E-state index in [1.54, 1.807) is 46.4 Å². The van der Waals surface area contributed by atoms with Gasteiger partial charge in [-0.05, 0) is 30.3 Å². The summed E-state index contributed by atoms with van der Waals surface area (Å²) in [5.74, 6) is 0.566. The summed E-state index contributed by atoms with van der Waals surface area (Å²) < 4.78 is 2.35. The van der Waals surface area contributed by atoms with Gasteiger partial charge in [-0.15, -0.1) is 17.9 Å². The summed E-state index contributed by atoms with van der Waals surface area (Å²) in [6, 6.07) is 9.10. The summed E-state index contributed by atoms with van der Waals surface area (Å²) >= 11 is 7.43. The predicted molar refractivity (Wildman–Crippen MR) is 95.6 cm³/mol. The minimum absolute atomic E-state index is 0.0982. The summed E-state index contributed by atoms with van der Waals surface area (Å²) in [6.45, 7) is 4.67. The Bertz CT molecular complexity index is 827. The van der Waals surface area contributed by atoms with Crippen molar-refractivity contribution in [3.8, 4) is 5.82 Å². The van der Waals surface area contributed by atoms with Crippen LogP contribution in [-0.2, 0) is 6.54 Å². The number of amides is 1. The molecular formula is C17H15ClN4OS. The lowest BCUT2D eigenvalue weighted by Gasteiger charge is -2.20. The Morgan fingerprint density at radius 2 is 2.25 bits per heavy atom. The second-order valence-electron chi connectivity index (χ2n) is 5.04. The van der Waals surface area contributed by atoms with Crippen LogP contribution in [0.1, 0.15) is 15.2 Å². The third kappa shape index (κ3) is 3.72. The zero-order chi connectivity index (χ0) is 16.9. The van der Waals surface area contributed by atoms with Gasteiger partial charge in [0.05, 0.1) is 16.4 Å². The quantitative estimate of drug-likeness (QED) is 0.629. The van der Waals surface area contributed by atoms with Crippen molar-refractivity contribution in [1.29, 1.82) is 0 Å². The SMILES string of the molecule is C=CCN(Cc1ccc(Cl)s1)C(=O)c1ccc(-n2cccn2)nc1. The molecule has 0 fully saturated rings. The Hall–Kier alpha value is -2.44. The predicted octanol–water partition coefficient (Wildman–Crippen LogP) is 3.81. The molecule has 3 aromatic rings. The van der Waals surface area contributed by atoms with Gasteiger partial charge in [0.1, 0.15) is 0 Å². The number of hydrogen-bond acceptors (Lipinski definition) is 4. The molecule has 0 N–H and O–H groups in total. The van der Waals surface area contributed by atoms with Crippen molar-refractivity contribution in [1.82, 2.24) is 19.7 Å². The highest BCUT2D eigenvalue weighted by Crippen LogP contribution is 2.23. The van der Waals surface area contributed by atoms with E-state index in [9.17, 15) is 4.79 Å². The molecule has 0 spiro atoms. The molecule has 0 unspecified atom stereocenters. The molecule has 0 aliphatic rings. The molecule has 0 bridgehead atoms. The highest BCUT2D eigenvalue weighted by Gasteiger charge is 2.16. The molecule has 3 aromatic heterocycles. The molecule has 3 heterocycles. The number of aromatic nitrogens is 3. The lowest BCUT2D eigenvalue weighted by molar-refractivity contribution is 0.0764. The molecule has 0 saturated heterocycles. The van der Waals surface area contributed by atoms with E-state index < -0.39 is 0 Å². The molecule has 0 aliphatic heterocycles. The van der Waals surface area contributed by atoms with Crippen LogP contribution >= 0.6 is 22.9 Å². The Morgan fingerprint density at radius 3 is 2.83 bits per heavy atom. The lowest BCUT2D eigenvalue weighted by atomic mass is 10.2. The van der Waals surface area contributed by atoms with Crippen molar-refractivity contribution in [3.05, 3.63) is 76.4 Å². The van der Waals surface area contributed by atoms with Gasteiger partial charge in [0.25, 0.3) is 5.91 Å². The first kappa shape index (κ1) is 16.4. The minimum atomic E-state index is -0.0982. The summed E-state index contributed by atoms with van der Waals surface area (Å²) in [4.78, 5) is 19.8. The first-order valence-electron chi connectivity index (χ1n) is 7.28. The zero-order valence-electron chi connectivity index (χ0n) is 12.8. The van der Waals surface area contributed by atoms with E-state index >= 15 is 0 Å². The molecule has 0 saturated carbocycles. The molecule has 5 nitrogen and oxygen atoms in total. The van der Waals surface area contributed by atoms with Gasteiger partial charge in [0, 0.05) is 30.0 Å². The van der Waals surface area contributed by atoms with Crippen LogP contribution in [-0.4, -0.2) is 32.1 Å². The molecule has 24 heavy (non-hydrogen) atoms. The maximum Gasteiger partial charge on any atom is 0.256 e. The first-order valence-corrected chi connectivity index (χ1v) is 8.47. The van der Waals surface area contributed by atoms with Crippen LogP contribution in [0.4, 0.5) is 0 Å². The average molecular weight is 359 g/mol. The summed E-state index contributed by atoms with van der Waals surface area (Å²) in [6.07, 6.45) is 6.75. The highest BCUT2D eigenvalue weighted by atomic mass is 35.5. The number of pyridine rings is 1. The second-order valence-corrected chi connectivity index (χ2v) is 6.84. The maximum atomic E-state index is 12.7. The molecule has 0 atom stereocenters. The average Bonchev–Trinajstić information content (AvgIpc) is 3.26. The van der Waals surface area contributed by atoms with Crippen LogP contribution in [0.15, 0.2) is 61.6 Å². The Kier molecular flexibility index (Phi) is 5.08. The number of nitrogens with zero attached hydrogens (tertiary/aromatic N) is 4. The molecule has 0 aromatic carbocycles. The van der Waals surface area contributed by atoms with E-state index in [0.717, 1.165) is 4.88 Å².